The molecule has 0 bridgehead atoms. The molecular formula is C17H21ClF3NO3. The maximum absolute atomic E-state index is 13.9. The lowest BCUT2D eigenvalue weighted by atomic mass is 9.82. The van der Waals surface area contributed by atoms with E-state index in [-0.39, 0.29) is 13.0 Å². The Morgan fingerprint density at radius 3 is 2.64 bits per heavy atom. The number of nitrogens with zero attached hydrogens (tertiary/aromatic N) is 1. The Hall–Kier alpha value is -1.47. The number of para-hydroxylation sites is 1. The molecule has 4 nitrogen and oxygen atoms in total. The van der Waals surface area contributed by atoms with Crippen molar-refractivity contribution in [2.45, 2.75) is 50.6 Å². The first-order valence-corrected chi connectivity index (χ1v) is 8.38. The predicted molar refractivity (Wildman–Crippen MR) is 89.4 cm³/mol. The fourth-order valence-electron chi connectivity index (χ4n) is 3.07. The fourth-order valence-corrected chi connectivity index (χ4v) is 3.33. The van der Waals surface area contributed by atoms with E-state index in [9.17, 15) is 13.2 Å². The Labute approximate surface area is 149 Å². The van der Waals surface area contributed by atoms with E-state index in [1.54, 1.807) is 32.0 Å². The average Bonchev–Trinajstić information content (AvgIpc) is 2.96. The molecule has 0 saturated heterocycles. The van der Waals surface area contributed by atoms with Crippen LogP contribution in [0.2, 0.25) is 5.02 Å². The number of rotatable bonds is 7. The van der Waals surface area contributed by atoms with Gasteiger partial charge in [-0.05, 0) is 30.9 Å². The van der Waals surface area contributed by atoms with Crippen molar-refractivity contribution in [1.29, 1.82) is 0 Å². The molecule has 0 radical (unpaired) electrons. The smallest absolute Gasteiger partial charge is 0.432 e. The van der Waals surface area contributed by atoms with Gasteiger partial charge in [-0.3, -0.25) is 0 Å². The van der Waals surface area contributed by atoms with Crippen LogP contribution >= 0.6 is 11.6 Å². The molecule has 0 aliphatic carbocycles. The summed E-state index contributed by atoms with van der Waals surface area (Å²) in [5, 5.41) is 0.351. The Kier molecular flexibility index (Phi) is 6.21. The van der Waals surface area contributed by atoms with Crippen LogP contribution in [0.25, 0.3) is 0 Å². The SMILES string of the molecule is CCOC1N=COC1(CC(CC)c1cccc(Cl)c1OC)C(F)(F)F. The highest BCUT2D eigenvalue weighted by molar-refractivity contribution is 6.32. The summed E-state index contributed by atoms with van der Waals surface area (Å²) in [7, 11) is 1.44. The lowest BCUT2D eigenvalue weighted by Gasteiger charge is -2.37. The van der Waals surface area contributed by atoms with Crippen LogP contribution in [0.15, 0.2) is 23.2 Å². The van der Waals surface area contributed by atoms with Gasteiger partial charge in [0.05, 0.1) is 12.1 Å². The van der Waals surface area contributed by atoms with Gasteiger partial charge < -0.3 is 14.2 Å². The van der Waals surface area contributed by atoms with Gasteiger partial charge in [0.15, 0.2) is 12.6 Å². The topological polar surface area (TPSA) is 40.0 Å². The first kappa shape index (κ1) is 19.8. The maximum atomic E-state index is 13.9. The van der Waals surface area contributed by atoms with Crippen LogP contribution in [-0.4, -0.2) is 38.1 Å². The van der Waals surface area contributed by atoms with Crippen LogP contribution in [0, 0.1) is 0 Å². The molecule has 0 aromatic heterocycles. The molecule has 25 heavy (non-hydrogen) atoms. The maximum Gasteiger partial charge on any atom is 0.432 e. The monoisotopic (exact) mass is 379 g/mol. The zero-order chi connectivity index (χ0) is 18.7. The van der Waals surface area contributed by atoms with Gasteiger partial charge in [-0.15, -0.1) is 0 Å². The van der Waals surface area contributed by atoms with Gasteiger partial charge in [0.1, 0.15) is 5.75 Å². The minimum atomic E-state index is -4.65. The third-order valence-electron chi connectivity index (χ3n) is 4.35. The zero-order valence-electron chi connectivity index (χ0n) is 14.3. The van der Waals surface area contributed by atoms with Gasteiger partial charge in [-0.2, -0.15) is 13.2 Å². The Morgan fingerprint density at radius 1 is 1.36 bits per heavy atom. The Balaban J connectivity index is 2.43. The molecule has 3 unspecified atom stereocenters. The van der Waals surface area contributed by atoms with Crippen LogP contribution in [0.3, 0.4) is 0 Å². The Bertz CT molecular complexity index is 624. The fraction of sp³-hybridized carbons (Fsp3) is 0.588. The van der Waals surface area contributed by atoms with Gasteiger partial charge in [0.25, 0.3) is 5.60 Å². The van der Waals surface area contributed by atoms with Crippen molar-refractivity contribution >= 4 is 18.0 Å². The first-order chi connectivity index (χ1) is 11.8. The minimum absolute atomic E-state index is 0.0977. The van der Waals surface area contributed by atoms with Gasteiger partial charge in [0.2, 0.25) is 0 Å². The van der Waals surface area contributed by atoms with E-state index < -0.39 is 23.9 Å². The van der Waals surface area contributed by atoms with Crippen molar-refractivity contribution < 1.29 is 27.4 Å². The molecular weight excluding hydrogens is 359 g/mol. The molecule has 2 rings (SSSR count). The average molecular weight is 380 g/mol. The molecule has 1 aromatic carbocycles. The van der Waals surface area contributed by atoms with Gasteiger partial charge in [-0.1, -0.05) is 30.7 Å². The van der Waals surface area contributed by atoms with Gasteiger partial charge in [0, 0.05) is 13.0 Å². The summed E-state index contributed by atoms with van der Waals surface area (Å²) in [5.74, 6) is -0.125. The number of hydrogen-bond donors (Lipinski definition) is 0. The molecule has 1 aliphatic heterocycles. The van der Waals surface area contributed by atoms with Crippen LogP contribution in [0.1, 0.15) is 38.2 Å². The number of ether oxygens (including phenoxy) is 3. The second-order valence-corrected chi connectivity index (χ2v) is 6.15. The summed E-state index contributed by atoms with van der Waals surface area (Å²) in [6.07, 6.45) is -5.17. The van der Waals surface area contributed by atoms with Crippen LogP contribution in [0.4, 0.5) is 13.2 Å². The standard InChI is InChI=1S/C17H21ClF3NO3/c1-4-11(12-7-6-8-13(18)14(12)23-3)9-16(17(19,20)21)15(24-5-2)22-10-25-16/h6-8,10-11,15H,4-5,9H2,1-3H3. The number of benzene rings is 1. The molecule has 0 saturated carbocycles. The molecule has 0 spiro atoms. The second-order valence-electron chi connectivity index (χ2n) is 5.74. The van der Waals surface area contributed by atoms with E-state index in [1.165, 1.54) is 7.11 Å². The van der Waals surface area contributed by atoms with Crippen LogP contribution in [-0.2, 0) is 9.47 Å². The second kappa shape index (κ2) is 7.83. The molecule has 0 N–H and O–H groups in total. The number of methoxy groups -OCH3 is 1. The molecule has 1 aliphatic rings. The van der Waals surface area contributed by atoms with Gasteiger partial charge in [-0.25, -0.2) is 4.99 Å². The lowest BCUT2D eigenvalue weighted by molar-refractivity contribution is -0.281. The predicted octanol–water partition coefficient (Wildman–Crippen LogP) is 4.95. The van der Waals surface area contributed by atoms with Crippen molar-refractivity contribution in [3.63, 3.8) is 0 Å². The van der Waals surface area contributed by atoms with Crippen molar-refractivity contribution in [3.05, 3.63) is 28.8 Å². The quantitative estimate of drug-likeness (QED) is 0.672. The van der Waals surface area contributed by atoms with E-state index in [2.05, 4.69) is 4.99 Å². The van der Waals surface area contributed by atoms with Crippen molar-refractivity contribution in [2.75, 3.05) is 13.7 Å². The molecule has 1 heterocycles. The van der Waals surface area contributed by atoms with Crippen molar-refractivity contribution in [2.24, 2.45) is 4.99 Å². The number of alkyl halides is 3. The summed E-state index contributed by atoms with van der Waals surface area (Å²) in [4.78, 5) is 3.74. The lowest BCUT2D eigenvalue weighted by Crippen LogP contribution is -2.54. The van der Waals surface area contributed by atoms with E-state index in [0.29, 0.717) is 22.8 Å². The van der Waals surface area contributed by atoms with E-state index >= 15 is 0 Å². The molecule has 0 amide bonds. The van der Waals surface area contributed by atoms with Crippen molar-refractivity contribution in [3.8, 4) is 5.75 Å². The molecule has 0 fully saturated rings. The summed E-state index contributed by atoms with van der Waals surface area (Å²) < 4.78 is 57.3. The first-order valence-electron chi connectivity index (χ1n) is 8.00. The number of hydrogen-bond acceptors (Lipinski definition) is 4. The molecule has 140 valence electrons. The summed E-state index contributed by atoms with van der Waals surface area (Å²) in [6, 6.07) is 5.04. The normalized spacial score (nSPS) is 24.2. The highest BCUT2D eigenvalue weighted by atomic mass is 35.5. The summed E-state index contributed by atoms with van der Waals surface area (Å²) >= 11 is 6.12. The van der Waals surface area contributed by atoms with Crippen LogP contribution in [0.5, 0.6) is 5.75 Å². The number of aliphatic imine (C=N–C) groups is 1. The van der Waals surface area contributed by atoms with Gasteiger partial charge >= 0.3 is 6.18 Å². The molecule has 3 atom stereocenters. The summed E-state index contributed by atoms with van der Waals surface area (Å²) in [5.41, 5.74) is -1.93. The number of halogens is 4. The summed E-state index contributed by atoms with van der Waals surface area (Å²) in [6.45, 7) is 3.52. The molecule has 8 heteroatoms. The highest BCUT2D eigenvalue weighted by Gasteiger charge is 2.65. The highest BCUT2D eigenvalue weighted by Crippen LogP contribution is 2.48. The third kappa shape index (κ3) is 3.72. The zero-order valence-corrected chi connectivity index (χ0v) is 15.0. The molecule has 1 aromatic rings. The van der Waals surface area contributed by atoms with E-state index in [1.807, 2.05) is 0 Å². The van der Waals surface area contributed by atoms with E-state index in [0.717, 1.165) is 6.40 Å². The van der Waals surface area contributed by atoms with E-state index in [4.69, 9.17) is 25.8 Å². The largest absolute Gasteiger partial charge is 0.495 e. The Morgan fingerprint density at radius 2 is 2.08 bits per heavy atom. The third-order valence-corrected chi connectivity index (χ3v) is 4.64. The van der Waals surface area contributed by atoms with Crippen LogP contribution < -0.4 is 4.74 Å². The van der Waals surface area contributed by atoms with Crippen molar-refractivity contribution in [1.82, 2.24) is 0 Å². The minimum Gasteiger partial charge on any atom is -0.495 e.